The van der Waals surface area contributed by atoms with Crippen molar-refractivity contribution < 1.29 is 13.2 Å². The normalized spacial score (nSPS) is 20.0. The molecule has 0 radical (unpaired) electrons. The van der Waals surface area contributed by atoms with Gasteiger partial charge in [0, 0.05) is 51.0 Å². The molecule has 0 N–H and O–H groups in total. The van der Waals surface area contributed by atoms with Crippen LogP contribution >= 0.6 is 0 Å². The van der Waals surface area contributed by atoms with Crippen molar-refractivity contribution in [2.75, 3.05) is 18.0 Å². The molecule has 9 nitrogen and oxygen atoms in total. The van der Waals surface area contributed by atoms with Crippen molar-refractivity contribution in [3.05, 3.63) is 45.9 Å². The summed E-state index contributed by atoms with van der Waals surface area (Å²) in [5, 5.41) is 9.25. The van der Waals surface area contributed by atoms with Gasteiger partial charge in [0.15, 0.2) is 5.82 Å². The van der Waals surface area contributed by atoms with Crippen LogP contribution in [0.1, 0.15) is 50.8 Å². The van der Waals surface area contributed by atoms with E-state index in [2.05, 4.69) is 20.9 Å². The van der Waals surface area contributed by atoms with E-state index in [1.807, 2.05) is 37.2 Å². The number of alkyl halides is 3. The van der Waals surface area contributed by atoms with E-state index in [1.165, 1.54) is 10.8 Å². The van der Waals surface area contributed by atoms with Gasteiger partial charge in [0.2, 0.25) is 0 Å². The summed E-state index contributed by atoms with van der Waals surface area (Å²) < 4.78 is 42.9. The van der Waals surface area contributed by atoms with E-state index < -0.39 is 17.6 Å². The molecule has 3 aromatic heterocycles. The molecule has 1 aliphatic rings. The van der Waals surface area contributed by atoms with Crippen molar-refractivity contribution in [1.29, 1.82) is 5.26 Å². The Morgan fingerprint density at radius 3 is 2.58 bits per heavy atom. The molecule has 4 heterocycles. The summed E-state index contributed by atoms with van der Waals surface area (Å²) in [7, 11) is 1.64. The van der Waals surface area contributed by atoms with Crippen molar-refractivity contribution in [3.8, 4) is 6.07 Å². The number of nitrogens with zero attached hydrogens (tertiary/aromatic N) is 8. The van der Waals surface area contributed by atoms with Crippen molar-refractivity contribution in [2.24, 2.45) is 7.05 Å². The zero-order valence-corrected chi connectivity index (χ0v) is 20.9. The number of imidazole rings is 1. The van der Waals surface area contributed by atoms with Gasteiger partial charge >= 0.3 is 11.9 Å². The predicted octanol–water partition coefficient (Wildman–Crippen LogP) is 3.29. The lowest BCUT2D eigenvalue weighted by molar-refractivity contribution is -0.141. The van der Waals surface area contributed by atoms with E-state index in [9.17, 15) is 23.2 Å². The quantitative estimate of drug-likeness (QED) is 0.528. The van der Waals surface area contributed by atoms with Gasteiger partial charge in [-0.1, -0.05) is 0 Å². The molecule has 1 unspecified atom stereocenters. The molecule has 1 saturated heterocycles. The van der Waals surface area contributed by atoms with Gasteiger partial charge in [0.05, 0.1) is 12.5 Å². The third kappa shape index (κ3) is 4.43. The largest absolute Gasteiger partial charge is 0.433 e. The first-order chi connectivity index (χ1) is 17.0. The van der Waals surface area contributed by atoms with E-state index in [0.29, 0.717) is 48.0 Å². The summed E-state index contributed by atoms with van der Waals surface area (Å²) in [6.07, 6.45) is -3.20. The average molecular weight is 503 g/mol. The number of aryl methyl sites for hydroxylation is 2. The number of fused-ring (bicyclic) bond motifs is 1. The highest BCUT2D eigenvalue weighted by atomic mass is 19.4. The zero-order chi connectivity index (χ0) is 26.4. The molecule has 0 spiro atoms. The first-order valence-electron chi connectivity index (χ1n) is 11.9. The number of nitriles is 1. The smallest absolute Gasteiger partial charge is 0.349 e. The van der Waals surface area contributed by atoms with Crippen LogP contribution in [0.2, 0.25) is 0 Å². The summed E-state index contributed by atoms with van der Waals surface area (Å²) in [6, 6.07) is 4.43. The van der Waals surface area contributed by atoms with Crippen LogP contribution in [-0.4, -0.2) is 54.2 Å². The third-order valence-electron chi connectivity index (χ3n) is 6.95. The Labute approximate surface area is 206 Å². The Morgan fingerprint density at radius 1 is 1.22 bits per heavy atom. The van der Waals surface area contributed by atoms with Crippen molar-refractivity contribution in [2.45, 2.75) is 65.0 Å². The van der Waals surface area contributed by atoms with Gasteiger partial charge in [0.25, 0.3) is 0 Å². The summed E-state index contributed by atoms with van der Waals surface area (Å²) in [6.45, 7) is 9.42. The number of halogens is 3. The Hall–Kier alpha value is -3.46. The van der Waals surface area contributed by atoms with Crippen LogP contribution in [0.5, 0.6) is 0 Å². The number of rotatable bonds is 5. The van der Waals surface area contributed by atoms with Gasteiger partial charge in [-0.15, -0.1) is 0 Å². The summed E-state index contributed by atoms with van der Waals surface area (Å²) in [5.74, 6) is 1.04. The third-order valence-corrected chi connectivity index (χ3v) is 6.95. The number of aromatic nitrogens is 5. The monoisotopic (exact) mass is 502 g/mol. The number of hydrogen-bond acceptors (Lipinski definition) is 7. The van der Waals surface area contributed by atoms with Crippen LogP contribution in [-0.2, 0) is 26.2 Å². The van der Waals surface area contributed by atoms with Gasteiger partial charge in [-0.3, -0.25) is 14.5 Å². The fraction of sp³-hybridized carbons (Fsp3) is 0.542. The van der Waals surface area contributed by atoms with Gasteiger partial charge < -0.3 is 9.47 Å². The first-order valence-corrected chi connectivity index (χ1v) is 11.9. The molecule has 192 valence electrons. The van der Waals surface area contributed by atoms with Gasteiger partial charge in [0.1, 0.15) is 22.7 Å². The average Bonchev–Trinajstić information content (AvgIpc) is 3.20. The molecule has 0 saturated carbocycles. The van der Waals surface area contributed by atoms with E-state index in [0.717, 1.165) is 6.07 Å². The number of hydrogen-bond donors (Lipinski definition) is 0. The molecule has 1 aliphatic heterocycles. The maximum Gasteiger partial charge on any atom is 0.433 e. The van der Waals surface area contributed by atoms with Gasteiger partial charge in [-0.05, 0) is 45.4 Å². The van der Waals surface area contributed by atoms with E-state index in [1.54, 1.807) is 13.1 Å². The molecule has 0 amide bonds. The van der Waals surface area contributed by atoms with E-state index in [4.69, 9.17) is 4.98 Å². The minimum Gasteiger partial charge on any atom is -0.349 e. The lowest BCUT2D eigenvalue weighted by atomic mass is 10.0. The highest BCUT2D eigenvalue weighted by Gasteiger charge is 2.37. The van der Waals surface area contributed by atoms with Crippen molar-refractivity contribution in [1.82, 2.24) is 29.0 Å². The minimum absolute atomic E-state index is 0.0496. The zero-order valence-electron chi connectivity index (χ0n) is 20.9. The first kappa shape index (κ1) is 25.6. The Morgan fingerprint density at radius 2 is 1.94 bits per heavy atom. The predicted molar refractivity (Wildman–Crippen MR) is 128 cm³/mol. The molecule has 1 fully saturated rings. The Bertz CT molecular complexity index is 1370. The number of anilines is 1. The maximum absolute atomic E-state index is 13.2. The summed E-state index contributed by atoms with van der Waals surface area (Å²) in [4.78, 5) is 29.5. The molecule has 4 rings (SSSR count). The second-order valence-corrected chi connectivity index (χ2v) is 9.25. The minimum atomic E-state index is -4.50. The Balaban J connectivity index is 1.69. The molecule has 3 atom stereocenters. The fourth-order valence-electron chi connectivity index (χ4n) is 5.07. The highest BCUT2D eigenvalue weighted by Crippen LogP contribution is 2.34. The van der Waals surface area contributed by atoms with Crippen LogP contribution in [0.3, 0.4) is 0 Å². The van der Waals surface area contributed by atoms with E-state index in [-0.39, 0.29) is 24.5 Å². The van der Waals surface area contributed by atoms with Gasteiger partial charge in [-0.25, -0.2) is 9.78 Å². The van der Waals surface area contributed by atoms with E-state index >= 15 is 0 Å². The van der Waals surface area contributed by atoms with Crippen LogP contribution in [0.25, 0.3) is 11.2 Å². The molecule has 0 aliphatic carbocycles. The van der Waals surface area contributed by atoms with Crippen LogP contribution < -0.4 is 10.6 Å². The standard InChI is InChI=1S/C24H29F3N8O/c1-6-33-19(7-9-28)30-20-21(31-23(36)32(5)22(20)33)35-13-14(2)34(12-15(35)3)16(4)17-8-10-29-18(11-17)24(25,26)27/h8,10-11,14-16H,6-7,12-13H2,1-5H3/t14-,15+,16?/m1/s1. The van der Waals surface area contributed by atoms with Crippen molar-refractivity contribution >= 4 is 17.0 Å². The lowest BCUT2D eigenvalue weighted by Crippen LogP contribution is -2.57. The second-order valence-electron chi connectivity index (χ2n) is 9.25. The summed E-state index contributed by atoms with van der Waals surface area (Å²) >= 11 is 0. The molecule has 3 aromatic rings. The lowest BCUT2D eigenvalue weighted by Gasteiger charge is -2.47. The molecular weight excluding hydrogens is 473 g/mol. The number of piperazine rings is 1. The summed E-state index contributed by atoms with van der Waals surface area (Å²) in [5.41, 5.74) is 0.403. The Kier molecular flexibility index (Phi) is 6.79. The molecular formula is C24H29F3N8O. The molecule has 0 aromatic carbocycles. The fourth-order valence-corrected chi connectivity index (χ4v) is 5.07. The van der Waals surface area contributed by atoms with Crippen molar-refractivity contribution in [3.63, 3.8) is 0 Å². The van der Waals surface area contributed by atoms with Crippen LogP contribution in [0.15, 0.2) is 23.1 Å². The highest BCUT2D eigenvalue weighted by molar-refractivity contribution is 5.84. The molecule has 0 bridgehead atoms. The van der Waals surface area contributed by atoms with Gasteiger partial charge in [-0.2, -0.15) is 23.4 Å². The molecule has 36 heavy (non-hydrogen) atoms. The van der Waals surface area contributed by atoms with Crippen LogP contribution in [0.4, 0.5) is 19.0 Å². The second kappa shape index (κ2) is 9.54. The molecule has 12 heteroatoms. The SMILES string of the molecule is CCn1c(CC#N)nc2c(N3C[C@@H](C)N(C(C)c4ccnc(C(F)(F)F)c4)C[C@@H]3C)nc(=O)n(C)c21. The topological polar surface area (TPSA) is 95.9 Å². The maximum atomic E-state index is 13.2. The van der Waals surface area contributed by atoms with Crippen LogP contribution in [0, 0.1) is 11.3 Å². The number of pyridine rings is 1.